The van der Waals surface area contributed by atoms with E-state index in [1.807, 2.05) is 12.3 Å². The zero-order valence-electron chi connectivity index (χ0n) is 23.9. The smallest absolute Gasteiger partial charge is 0.0963 e. The Morgan fingerprint density at radius 3 is 1.68 bits per heavy atom. The lowest BCUT2D eigenvalue weighted by atomic mass is 9.99. The topological polar surface area (TPSA) is 22.8 Å². The molecule has 3 heteroatoms. The Kier molecular flexibility index (Phi) is 5.50. The van der Waals surface area contributed by atoms with Gasteiger partial charge in [-0.15, -0.1) is 0 Å². The van der Waals surface area contributed by atoms with E-state index in [1.165, 1.54) is 44.1 Å². The van der Waals surface area contributed by atoms with Crippen LogP contribution in [0.2, 0.25) is 0 Å². The van der Waals surface area contributed by atoms with Crippen molar-refractivity contribution in [2.45, 2.75) is 0 Å². The SMILES string of the molecule is c1ccc(-c2ccc(-n3c4ccccc4c4cccc(-c5cccc6c7ncccc7n(-c7ccccc7)c56)c43)cc2)cc1. The second-order valence-electron chi connectivity index (χ2n) is 11.2. The van der Waals surface area contributed by atoms with E-state index in [0.29, 0.717) is 0 Å². The number of nitrogens with zero attached hydrogens (tertiary/aromatic N) is 3. The molecule has 0 saturated carbocycles. The van der Waals surface area contributed by atoms with Crippen LogP contribution in [0.25, 0.3) is 77.4 Å². The standard InChI is InChI=1S/C41H27N3/c1-3-12-28(13-4-1)29-23-25-31(26-24-29)43-37-21-8-7-16-32(37)33-17-9-18-34(40(33)43)35-19-10-20-36-39-38(22-11-27-42-39)44(41(35)36)30-14-5-2-6-15-30/h1-27H. The van der Waals surface area contributed by atoms with Crippen LogP contribution >= 0.6 is 0 Å². The summed E-state index contributed by atoms with van der Waals surface area (Å²) in [5.41, 5.74) is 12.7. The van der Waals surface area contributed by atoms with Crippen molar-refractivity contribution in [3.8, 4) is 33.6 Å². The molecule has 9 rings (SSSR count). The van der Waals surface area contributed by atoms with Crippen LogP contribution in [-0.2, 0) is 0 Å². The van der Waals surface area contributed by atoms with Crippen LogP contribution in [0.5, 0.6) is 0 Å². The van der Waals surface area contributed by atoms with E-state index in [2.05, 4.69) is 161 Å². The molecule has 0 bridgehead atoms. The minimum absolute atomic E-state index is 1.01. The van der Waals surface area contributed by atoms with E-state index < -0.39 is 0 Å². The van der Waals surface area contributed by atoms with Crippen molar-refractivity contribution in [2.24, 2.45) is 0 Å². The second kappa shape index (κ2) is 9.82. The first-order valence-corrected chi connectivity index (χ1v) is 15.0. The molecule has 0 fully saturated rings. The number of para-hydroxylation sites is 4. The third kappa shape index (κ3) is 3.66. The lowest BCUT2D eigenvalue weighted by Crippen LogP contribution is -1.98. The van der Waals surface area contributed by atoms with E-state index in [1.54, 1.807) is 0 Å². The lowest BCUT2D eigenvalue weighted by Gasteiger charge is -2.15. The van der Waals surface area contributed by atoms with Crippen molar-refractivity contribution in [2.75, 3.05) is 0 Å². The highest BCUT2D eigenvalue weighted by atomic mass is 15.0. The molecular formula is C41H27N3. The zero-order valence-corrected chi connectivity index (χ0v) is 23.9. The quantitative estimate of drug-likeness (QED) is 0.210. The summed E-state index contributed by atoms with van der Waals surface area (Å²) in [6.07, 6.45) is 1.89. The van der Waals surface area contributed by atoms with Gasteiger partial charge in [-0.2, -0.15) is 0 Å². The molecule has 0 aliphatic heterocycles. The molecule has 0 N–H and O–H groups in total. The maximum atomic E-state index is 4.86. The Bertz CT molecular complexity index is 2470. The summed E-state index contributed by atoms with van der Waals surface area (Å²) >= 11 is 0. The van der Waals surface area contributed by atoms with Gasteiger partial charge in [0.25, 0.3) is 0 Å². The van der Waals surface area contributed by atoms with E-state index in [9.17, 15) is 0 Å². The molecule has 0 radical (unpaired) electrons. The van der Waals surface area contributed by atoms with E-state index in [-0.39, 0.29) is 0 Å². The van der Waals surface area contributed by atoms with Gasteiger partial charge >= 0.3 is 0 Å². The predicted octanol–water partition coefficient (Wildman–Crippen LogP) is 10.6. The molecule has 0 atom stereocenters. The van der Waals surface area contributed by atoms with Crippen LogP contribution in [0.4, 0.5) is 0 Å². The summed E-state index contributed by atoms with van der Waals surface area (Å²) in [7, 11) is 0. The molecule has 0 spiro atoms. The largest absolute Gasteiger partial charge is 0.309 e. The second-order valence-corrected chi connectivity index (χ2v) is 11.2. The molecule has 3 aromatic heterocycles. The Balaban J connectivity index is 1.38. The molecule has 6 aromatic carbocycles. The summed E-state index contributed by atoms with van der Waals surface area (Å²) in [6, 6.07) is 56.4. The highest BCUT2D eigenvalue weighted by Gasteiger charge is 2.21. The Morgan fingerprint density at radius 1 is 0.364 bits per heavy atom. The van der Waals surface area contributed by atoms with E-state index >= 15 is 0 Å². The molecule has 0 amide bonds. The average molecular weight is 562 g/mol. The van der Waals surface area contributed by atoms with Crippen molar-refractivity contribution in [3.63, 3.8) is 0 Å². The minimum Gasteiger partial charge on any atom is -0.309 e. The first-order chi connectivity index (χ1) is 21.9. The van der Waals surface area contributed by atoms with Crippen LogP contribution in [0, 0.1) is 0 Å². The summed E-state index contributed by atoms with van der Waals surface area (Å²) in [5.74, 6) is 0. The lowest BCUT2D eigenvalue weighted by molar-refractivity contribution is 1.17. The first kappa shape index (κ1) is 24.6. The fourth-order valence-electron chi connectivity index (χ4n) is 6.88. The first-order valence-electron chi connectivity index (χ1n) is 15.0. The number of fused-ring (bicyclic) bond motifs is 6. The molecule has 0 aliphatic carbocycles. The zero-order chi connectivity index (χ0) is 29.0. The molecule has 206 valence electrons. The molecule has 0 unspecified atom stereocenters. The van der Waals surface area contributed by atoms with Gasteiger partial charge in [-0.1, -0.05) is 115 Å². The summed E-state index contributed by atoms with van der Waals surface area (Å²) < 4.78 is 4.80. The predicted molar refractivity (Wildman–Crippen MR) is 184 cm³/mol. The van der Waals surface area contributed by atoms with Crippen molar-refractivity contribution in [1.29, 1.82) is 0 Å². The molecule has 3 nitrogen and oxygen atoms in total. The maximum Gasteiger partial charge on any atom is 0.0963 e. The van der Waals surface area contributed by atoms with E-state index in [4.69, 9.17) is 4.98 Å². The van der Waals surface area contributed by atoms with Crippen molar-refractivity contribution >= 4 is 43.7 Å². The molecule has 44 heavy (non-hydrogen) atoms. The Morgan fingerprint density at radius 2 is 0.909 bits per heavy atom. The van der Waals surface area contributed by atoms with Gasteiger partial charge in [-0.25, -0.2) is 0 Å². The van der Waals surface area contributed by atoms with Crippen LogP contribution in [0.3, 0.4) is 0 Å². The monoisotopic (exact) mass is 561 g/mol. The Hall–Kier alpha value is -5.93. The average Bonchev–Trinajstić information content (AvgIpc) is 3.63. The van der Waals surface area contributed by atoms with Crippen molar-refractivity contribution in [3.05, 3.63) is 164 Å². The molecule has 0 aliphatic rings. The van der Waals surface area contributed by atoms with Gasteiger partial charge in [0, 0.05) is 44.9 Å². The summed E-state index contributed by atoms with van der Waals surface area (Å²) in [5, 5.41) is 3.63. The fourth-order valence-corrected chi connectivity index (χ4v) is 6.88. The summed E-state index contributed by atoms with van der Waals surface area (Å²) in [4.78, 5) is 4.86. The fraction of sp³-hybridized carbons (Fsp3) is 0. The van der Waals surface area contributed by atoms with Gasteiger partial charge < -0.3 is 9.13 Å². The number of hydrogen-bond donors (Lipinski definition) is 0. The van der Waals surface area contributed by atoms with E-state index in [0.717, 1.165) is 33.3 Å². The number of aromatic nitrogens is 3. The normalized spacial score (nSPS) is 11.6. The van der Waals surface area contributed by atoms with Gasteiger partial charge in [0.05, 0.1) is 27.6 Å². The number of rotatable bonds is 4. The third-order valence-electron chi connectivity index (χ3n) is 8.77. The summed E-state index contributed by atoms with van der Waals surface area (Å²) in [6.45, 7) is 0. The van der Waals surface area contributed by atoms with Crippen LogP contribution < -0.4 is 0 Å². The van der Waals surface area contributed by atoms with Gasteiger partial charge in [0.15, 0.2) is 0 Å². The molecule has 9 aromatic rings. The highest BCUT2D eigenvalue weighted by molar-refractivity contribution is 6.18. The number of pyridine rings is 1. The molecular weight excluding hydrogens is 534 g/mol. The van der Waals surface area contributed by atoms with Crippen molar-refractivity contribution < 1.29 is 0 Å². The van der Waals surface area contributed by atoms with Crippen molar-refractivity contribution in [1.82, 2.24) is 14.1 Å². The van der Waals surface area contributed by atoms with Crippen LogP contribution in [-0.4, -0.2) is 14.1 Å². The molecule has 3 heterocycles. The third-order valence-corrected chi connectivity index (χ3v) is 8.77. The number of benzene rings is 6. The van der Waals surface area contributed by atoms with Crippen LogP contribution in [0.15, 0.2) is 164 Å². The maximum absolute atomic E-state index is 4.86. The number of hydrogen-bond acceptors (Lipinski definition) is 1. The van der Waals surface area contributed by atoms with Crippen LogP contribution in [0.1, 0.15) is 0 Å². The van der Waals surface area contributed by atoms with Gasteiger partial charge in [0.1, 0.15) is 0 Å². The highest BCUT2D eigenvalue weighted by Crippen LogP contribution is 2.42. The minimum atomic E-state index is 1.01. The van der Waals surface area contributed by atoms with Gasteiger partial charge in [-0.05, 0) is 53.6 Å². The van der Waals surface area contributed by atoms with Gasteiger partial charge in [-0.3, -0.25) is 4.98 Å². The molecule has 0 saturated heterocycles. The Labute approximate surface area is 254 Å². The van der Waals surface area contributed by atoms with Gasteiger partial charge in [0.2, 0.25) is 0 Å².